The van der Waals surface area contributed by atoms with Gasteiger partial charge in [-0.3, -0.25) is 10.1 Å². The first-order valence-electron chi connectivity index (χ1n) is 4.77. The summed E-state index contributed by atoms with van der Waals surface area (Å²) in [4.78, 5) is 13.7. The van der Waals surface area contributed by atoms with Gasteiger partial charge in [-0.1, -0.05) is 11.6 Å². The number of halogens is 1. The second kappa shape index (κ2) is 5.04. The summed E-state index contributed by atoms with van der Waals surface area (Å²) in [6.45, 7) is 6.98. The van der Waals surface area contributed by atoms with E-state index >= 15 is 0 Å². The molecule has 90 valence electrons. The molecule has 0 aliphatic rings. The maximum Gasteiger partial charge on any atom is 0.294 e. The highest BCUT2D eigenvalue weighted by Crippen LogP contribution is 2.37. The maximum absolute atomic E-state index is 10.9. The van der Waals surface area contributed by atoms with Crippen molar-refractivity contribution in [2.45, 2.75) is 0 Å². The van der Waals surface area contributed by atoms with Crippen LogP contribution in [0.15, 0.2) is 29.6 Å². The third-order valence-electron chi connectivity index (χ3n) is 2.17. The zero-order valence-corrected chi connectivity index (χ0v) is 10.5. The summed E-state index contributed by atoms with van der Waals surface area (Å²) in [6.07, 6.45) is 0. The molecule has 0 aliphatic carbocycles. The van der Waals surface area contributed by atoms with Gasteiger partial charge < -0.3 is 5.32 Å². The fourth-order valence-corrected chi connectivity index (χ4v) is 2.27. The number of hydrogen-bond donors (Lipinski definition) is 1. The van der Waals surface area contributed by atoms with Crippen molar-refractivity contribution < 1.29 is 4.92 Å². The van der Waals surface area contributed by atoms with E-state index in [2.05, 4.69) is 10.2 Å². The Morgan fingerprint density at radius 3 is 2.89 bits per heavy atom. The van der Waals surface area contributed by atoms with Crippen LogP contribution in [0.2, 0.25) is 5.02 Å². The summed E-state index contributed by atoms with van der Waals surface area (Å²) in [5, 5.41) is 16.4. The molecule has 0 fully saturated rings. The molecule has 1 aromatic heterocycles. The third kappa shape index (κ3) is 2.42. The minimum atomic E-state index is -0.515. The maximum atomic E-state index is 10.9. The fourth-order valence-electron chi connectivity index (χ4n) is 1.37. The van der Waals surface area contributed by atoms with Crippen LogP contribution in [0.4, 0.5) is 22.1 Å². The normalized spacial score (nSPS) is 9.78. The Bertz CT molecular complexity index is 648. The summed E-state index contributed by atoms with van der Waals surface area (Å²) in [6, 6.07) is 6.01. The van der Waals surface area contributed by atoms with Crippen molar-refractivity contribution in [3.8, 4) is 0 Å². The van der Waals surface area contributed by atoms with Gasteiger partial charge >= 0.3 is 0 Å². The van der Waals surface area contributed by atoms with Crippen LogP contribution < -0.4 is 5.32 Å². The van der Waals surface area contributed by atoms with Crippen LogP contribution in [0.3, 0.4) is 0 Å². The summed E-state index contributed by atoms with van der Waals surface area (Å²) >= 11 is 7.04. The summed E-state index contributed by atoms with van der Waals surface area (Å²) < 4.78 is 0. The van der Waals surface area contributed by atoms with Crippen molar-refractivity contribution in [3.63, 3.8) is 0 Å². The molecule has 0 spiro atoms. The predicted octanol–water partition coefficient (Wildman–Crippen LogP) is 4.60. The minimum Gasteiger partial charge on any atom is -0.350 e. The number of hydrogen-bond acceptors (Lipinski definition) is 4. The van der Waals surface area contributed by atoms with Crippen LogP contribution in [0.25, 0.3) is 4.85 Å². The van der Waals surface area contributed by atoms with Crippen molar-refractivity contribution >= 4 is 45.0 Å². The molecule has 0 amide bonds. The van der Waals surface area contributed by atoms with Gasteiger partial charge in [-0.15, -0.1) is 11.3 Å². The molecule has 0 radical (unpaired) electrons. The Morgan fingerprint density at radius 1 is 1.44 bits per heavy atom. The van der Waals surface area contributed by atoms with E-state index < -0.39 is 4.92 Å². The number of nitro benzene ring substituents is 1. The molecular formula is C11H6ClN3O2S. The van der Waals surface area contributed by atoms with Gasteiger partial charge in [0.2, 0.25) is 5.69 Å². The van der Waals surface area contributed by atoms with Crippen molar-refractivity contribution in [1.82, 2.24) is 0 Å². The van der Waals surface area contributed by atoms with E-state index in [1.807, 2.05) is 0 Å². The van der Waals surface area contributed by atoms with Gasteiger partial charge in [0.25, 0.3) is 5.69 Å². The summed E-state index contributed by atoms with van der Waals surface area (Å²) in [5.74, 6) is 0. The molecule has 5 nitrogen and oxygen atoms in total. The Kier molecular flexibility index (Phi) is 3.46. The van der Waals surface area contributed by atoms with E-state index in [0.717, 1.165) is 0 Å². The van der Waals surface area contributed by atoms with Gasteiger partial charge in [0.15, 0.2) is 0 Å². The van der Waals surface area contributed by atoms with Crippen molar-refractivity contribution in [2.75, 3.05) is 5.32 Å². The molecule has 0 saturated heterocycles. The fraction of sp³-hybridized carbons (Fsp3) is 0. The lowest BCUT2D eigenvalue weighted by atomic mass is 10.2. The number of anilines is 2. The van der Waals surface area contributed by atoms with Crippen molar-refractivity contribution in [1.29, 1.82) is 0 Å². The largest absolute Gasteiger partial charge is 0.350 e. The lowest BCUT2D eigenvalue weighted by Crippen LogP contribution is -1.95. The van der Waals surface area contributed by atoms with E-state index in [0.29, 0.717) is 21.4 Å². The number of rotatable bonds is 3. The molecule has 0 bridgehead atoms. The molecule has 2 rings (SSSR count). The highest BCUT2D eigenvalue weighted by Gasteiger charge is 2.16. The molecular weight excluding hydrogens is 274 g/mol. The highest BCUT2D eigenvalue weighted by atomic mass is 35.5. The SMILES string of the molecule is [C-]#[N+]c1ccsc1Nc1ccc(Cl)cc1[N+](=O)[O-]. The molecule has 1 aromatic carbocycles. The lowest BCUT2D eigenvalue weighted by Gasteiger charge is -2.05. The average Bonchev–Trinajstić information content (AvgIpc) is 2.78. The second-order valence-electron chi connectivity index (χ2n) is 3.29. The van der Waals surface area contributed by atoms with Gasteiger partial charge in [0, 0.05) is 11.1 Å². The monoisotopic (exact) mass is 279 g/mol. The van der Waals surface area contributed by atoms with Crippen molar-refractivity contribution in [3.05, 3.63) is 56.2 Å². The van der Waals surface area contributed by atoms with Gasteiger partial charge in [0.05, 0.1) is 16.5 Å². The van der Waals surface area contributed by atoms with Crippen LogP contribution in [0.1, 0.15) is 0 Å². The highest BCUT2D eigenvalue weighted by molar-refractivity contribution is 7.15. The topological polar surface area (TPSA) is 59.5 Å². The van der Waals surface area contributed by atoms with Crippen molar-refractivity contribution in [2.24, 2.45) is 0 Å². The Morgan fingerprint density at radius 2 is 2.22 bits per heavy atom. The lowest BCUT2D eigenvalue weighted by molar-refractivity contribution is -0.383. The first kappa shape index (κ1) is 12.4. The zero-order valence-electron chi connectivity index (χ0n) is 8.88. The molecule has 18 heavy (non-hydrogen) atoms. The Labute approximate surface area is 112 Å². The van der Waals surface area contributed by atoms with Crippen LogP contribution in [0.5, 0.6) is 0 Å². The molecule has 0 aliphatic heterocycles. The smallest absolute Gasteiger partial charge is 0.294 e. The van der Waals surface area contributed by atoms with Gasteiger partial charge in [-0.2, -0.15) is 0 Å². The van der Waals surface area contributed by atoms with Gasteiger partial charge in [0.1, 0.15) is 5.69 Å². The van der Waals surface area contributed by atoms with Crippen LogP contribution in [0, 0.1) is 16.7 Å². The van der Waals surface area contributed by atoms with E-state index in [-0.39, 0.29) is 5.69 Å². The first-order valence-corrected chi connectivity index (χ1v) is 6.03. The predicted molar refractivity (Wildman–Crippen MR) is 72.0 cm³/mol. The molecule has 2 aromatic rings. The number of nitrogens with one attached hydrogen (secondary N) is 1. The molecule has 1 N–H and O–H groups in total. The van der Waals surface area contributed by atoms with Gasteiger partial charge in [-0.25, -0.2) is 4.85 Å². The molecule has 0 atom stereocenters. The van der Waals surface area contributed by atoms with E-state index in [1.165, 1.54) is 23.5 Å². The van der Waals surface area contributed by atoms with Crippen LogP contribution in [-0.2, 0) is 0 Å². The zero-order chi connectivity index (χ0) is 13.1. The number of benzene rings is 1. The third-order valence-corrected chi connectivity index (χ3v) is 3.22. The quantitative estimate of drug-likeness (QED) is 0.507. The Balaban J connectivity index is 2.41. The summed E-state index contributed by atoms with van der Waals surface area (Å²) in [7, 11) is 0. The molecule has 0 unspecified atom stereocenters. The Hall–Kier alpha value is -2.10. The standard InChI is InChI=1S/C11H6ClN3O2S/c1-13-9-4-5-18-11(9)14-8-3-2-7(12)6-10(8)15(16)17/h2-6,14H. The number of nitrogens with zero attached hydrogens (tertiary/aromatic N) is 2. The van der Waals surface area contributed by atoms with E-state index in [4.69, 9.17) is 18.2 Å². The van der Waals surface area contributed by atoms with Crippen LogP contribution in [-0.4, -0.2) is 4.92 Å². The molecule has 7 heteroatoms. The van der Waals surface area contributed by atoms with Crippen LogP contribution >= 0.6 is 22.9 Å². The van der Waals surface area contributed by atoms with Gasteiger partial charge in [-0.05, 0) is 23.6 Å². The second-order valence-corrected chi connectivity index (χ2v) is 4.64. The molecule has 1 heterocycles. The average molecular weight is 280 g/mol. The first-order chi connectivity index (χ1) is 8.61. The summed E-state index contributed by atoms with van der Waals surface area (Å²) in [5.41, 5.74) is 0.632. The van der Waals surface area contributed by atoms with E-state index in [9.17, 15) is 10.1 Å². The van der Waals surface area contributed by atoms with E-state index in [1.54, 1.807) is 17.5 Å². The number of thiophene rings is 1. The molecule has 0 saturated carbocycles. The number of nitro groups is 1. The minimum absolute atomic E-state index is 0.119.